The van der Waals surface area contributed by atoms with Crippen LogP contribution in [0.25, 0.3) is 0 Å². The van der Waals surface area contributed by atoms with Crippen LogP contribution in [0.3, 0.4) is 0 Å². The largest absolute Gasteiger partial charge is 0.469 e. The summed E-state index contributed by atoms with van der Waals surface area (Å²) in [7, 11) is 3.27. The summed E-state index contributed by atoms with van der Waals surface area (Å²) in [5, 5.41) is 3.80. The Labute approximate surface area is 205 Å². The molecule has 1 unspecified atom stereocenters. The monoisotopic (exact) mass is 472 g/mol. The zero-order chi connectivity index (χ0) is 24.7. The highest BCUT2D eigenvalue weighted by atomic mass is 16.5. The van der Waals surface area contributed by atoms with Gasteiger partial charge in [0.25, 0.3) is 0 Å². The number of amides is 1. The molecule has 1 amide bonds. The van der Waals surface area contributed by atoms with Crippen LogP contribution in [-0.4, -0.2) is 44.8 Å². The third kappa shape index (κ3) is 5.65. The molecule has 0 aromatic heterocycles. The quantitative estimate of drug-likeness (QED) is 0.462. The minimum absolute atomic E-state index is 0.0155. The summed E-state index contributed by atoms with van der Waals surface area (Å²) in [6.45, 7) is 5.14. The topological polar surface area (TPSA) is 90.7 Å². The minimum Gasteiger partial charge on any atom is -0.469 e. The van der Waals surface area contributed by atoms with Crippen molar-refractivity contribution in [3.8, 4) is 0 Å². The van der Waals surface area contributed by atoms with Crippen molar-refractivity contribution in [3.05, 3.63) is 34.9 Å². The van der Waals surface area contributed by atoms with Gasteiger partial charge in [-0.15, -0.1) is 0 Å². The molecule has 1 aromatic rings. The van der Waals surface area contributed by atoms with Gasteiger partial charge in [0, 0.05) is 30.6 Å². The van der Waals surface area contributed by atoms with E-state index in [1.165, 1.54) is 50.3 Å². The zero-order valence-corrected chi connectivity index (χ0v) is 21.5. The summed E-state index contributed by atoms with van der Waals surface area (Å²) < 4.78 is 11.2. The first-order valence-corrected chi connectivity index (χ1v) is 13.2. The van der Waals surface area contributed by atoms with E-state index in [9.17, 15) is 9.59 Å². The van der Waals surface area contributed by atoms with Crippen LogP contribution in [0.4, 0.5) is 0 Å². The molecule has 6 heteroatoms. The second kappa shape index (κ2) is 12.2. The van der Waals surface area contributed by atoms with Crippen LogP contribution in [-0.2, 0) is 26.1 Å². The molecule has 34 heavy (non-hydrogen) atoms. The van der Waals surface area contributed by atoms with Gasteiger partial charge in [0.15, 0.2) is 0 Å². The van der Waals surface area contributed by atoms with Crippen molar-refractivity contribution in [3.63, 3.8) is 0 Å². The average molecular weight is 473 g/mol. The van der Waals surface area contributed by atoms with Crippen molar-refractivity contribution in [2.75, 3.05) is 20.8 Å². The SMILES string of the molecule is CCC1(CC)c2cc(C(N)=O)ccc2C[C@H](OC)[C@H]1NCCC(CC1CCCCC1)C(=O)OC. The molecule has 2 aliphatic carbocycles. The van der Waals surface area contributed by atoms with Gasteiger partial charge in [0.05, 0.1) is 19.1 Å². The Morgan fingerprint density at radius 2 is 1.85 bits per heavy atom. The van der Waals surface area contributed by atoms with Gasteiger partial charge in [-0.2, -0.15) is 0 Å². The van der Waals surface area contributed by atoms with Crippen molar-refractivity contribution >= 4 is 11.9 Å². The van der Waals surface area contributed by atoms with Gasteiger partial charge in [-0.1, -0.05) is 52.0 Å². The molecule has 1 aromatic carbocycles. The molecule has 0 spiro atoms. The lowest BCUT2D eigenvalue weighted by molar-refractivity contribution is -0.146. The number of hydrogen-bond acceptors (Lipinski definition) is 5. The molecule has 0 aliphatic heterocycles. The summed E-state index contributed by atoms with van der Waals surface area (Å²) in [4.78, 5) is 24.5. The van der Waals surface area contributed by atoms with Crippen molar-refractivity contribution in [1.29, 1.82) is 0 Å². The van der Waals surface area contributed by atoms with Crippen LogP contribution in [0.2, 0.25) is 0 Å². The molecule has 1 saturated carbocycles. The van der Waals surface area contributed by atoms with Crippen molar-refractivity contribution < 1.29 is 19.1 Å². The number of rotatable bonds is 11. The smallest absolute Gasteiger partial charge is 0.308 e. The fourth-order valence-electron chi connectivity index (χ4n) is 6.58. The Morgan fingerprint density at radius 1 is 1.15 bits per heavy atom. The lowest BCUT2D eigenvalue weighted by Gasteiger charge is -2.49. The summed E-state index contributed by atoms with van der Waals surface area (Å²) in [6, 6.07) is 5.93. The Balaban J connectivity index is 1.79. The van der Waals surface area contributed by atoms with Crippen LogP contribution < -0.4 is 11.1 Å². The van der Waals surface area contributed by atoms with E-state index in [0.717, 1.165) is 38.6 Å². The summed E-state index contributed by atoms with van der Waals surface area (Å²) in [6.07, 6.45) is 10.6. The standard InChI is InChI=1S/C28H44N2O4/c1-5-28(6-2)23-17-21(26(29)31)13-12-20(23)18-24(33-3)25(28)30-15-14-22(27(32)34-4)16-19-10-8-7-9-11-19/h12-13,17,19,22,24-25,30H,5-11,14-16,18H2,1-4H3,(H2,29,31)/t22?,24-,25+/m0/s1. The van der Waals surface area contributed by atoms with Crippen molar-refractivity contribution in [1.82, 2.24) is 5.32 Å². The molecule has 3 N–H and O–H groups in total. The third-order valence-electron chi connectivity index (χ3n) is 8.62. The highest BCUT2D eigenvalue weighted by molar-refractivity contribution is 5.93. The number of nitrogens with one attached hydrogen (secondary N) is 1. The number of fused-ring (bicyclic) bond motifs is 1. The highest BCUT2D eigenvalue weighted by Gasteiger charge is 2.46. The number of nitrogens with two attached hydrogens (primary N) is 1. The average Bonchev–Trinajstić information content (AvgIpc) is 2.87. The second-order valence-electron chi connectivity index (χ2n) is 10.3. The molecule has 1 fully saturated rings. The van der Waals surface area contributed by atoms with Gasteiger partial charge >= 0.3 is 5.97 Å². The van der Waals surface area contributed by atoms with E-state index in [1.54, 1.807) is 7.11 Å². The number of carbonyl (C=O) groups is 2. The van der Waals surface area contributed by atoms with E-state index in [2.05, 4.69) is 19.2 Å². The lowest BCUT2D eigenvalue weighted by Crippen LogP contribution is -2.59. The summed E-state index contributed by atoms with van der Waals surface area (Å²) in [5.74, 6) is 0.0687. The zero-order valence-electron chi connectivity index (χ0n) is 21.5. The lowest BCUT2D eigenvalue weighted by atomic mass is 9.62. The molecule has 190 valence electrons. The molecule has 0 bridgehead atoms. The van der Waals surface area contributed by atoms with Gasteiger partial charge < -0.3 is 20.5 Å². The predicted molar refractivity (Wildman–Crippen MR) is 135 cm³/mol. The maximum Gasteiger partial charge on any atom is 0.308 e. The number of esters is 1. The third-order valence-corrected chi connectivity index (χ3v) is 8.62. The molecule has 0 saturated heterocycles. The van der Waals surface area contributed by atoms with Crippen LogP contribution in [0, 0.1) is 11.8 Å². The van der Waals surface area contributed by atoms with Gasteiger partial charge in [0.2, 0.25) is 5.91 Å². The fraction of sp³-hybridized carbons (Fsp3) is 0.714. The van der Waals surface area contributed by atoms with E-state index in [-0.39, 0.29) is 29.4 Å². The normalized spacial score (nSPS) is 23.2. The molecule has 6 nitrogen and oxygen atoms in total. The number of ether oxygens (including phenoxy) is 2. The first-order valence-electron chi connectivity index (χ1n) is 13.2. The molecule has 0 heterocycles. The van der Waals surface area contributed by atoms with Gasteiger partial charge in [0.1, 0.15) is 0 Å². The van der Waals surface area contributed by atoms with E-state index in [1.807, 2.05) is 18.2 Å². The van der Waals surface area contributed by atoms with E-state index >= 15 is 0 Å². The Hall–Kier alpha value is -1.92. The Morgan fingerprint density at radius 3 is 2.44 bits per heavy atom. The fourth-order valence-corrected chi connectivity index (χ4v) is 6.58. The number of hydrogen-bond donors (Lipinski definition) is 2. The Kier molecular flexibility index (Phi) is 9.55. The molecule has 0 radical (unpaired) electrons. The minimum atomic E-state index is -0.397. The highest BCUT2D eigenvalue weighted by Crippen LogP contribution is 2.44. The van der Waals surface area contributed by atoms with Crippen LogP contribution in [0.15, 0.2) is 18.2 Å². The van der Waals surface area contributed by atoms with Gasteiger partial charge in [-0.3, -0.25) is 9.59 Å². The second-order valence-corrected chi connectivity index (χ2v) is 10.3. The first kappa shape index (κ1) is 26.7. The van der Waals surface area contributed by atoms with Gasteiger partial charge in [-0.25, -0.2) is 0 Å². The molecule has 3 atom stereocenters. The van der Waals surface area contributed by atoms with Crippen LogP contribution in [0.1, 0.15) is 93.1 Å². The van der Waals surface area contributed by atoms with Crippen molar-refractivity contribution in [2.45, 2.75) is 95.6 Å². The molecular formula is C28H44N2O4. The number of benzene rings is 1. The van der Waals surface area contributed by atoms with E-state index < -0.39 is 5.91 Å². The molecule has 2 aliphatic rings. The molecule has 3 rings (SSSR count). The Bertz CT molecular complexity index is 830. The first-order chi connectivity index (χ1) is 16.4. The number of carbonyl (C=O) groups excluding carboxylic acids is 2. The van der Waals surface area contributed by atoms with Crippen molar-refractivity contribution in [2.24, 2.45) is 17.6 Å². The van der Waals surface area contributed by atoms with Crippen LogP contribution >= 0.6 is 0 Å². The van der Waals surface area contributed by atoms with E-state index in [0.29, 0.717) is 11.5 Å². The molecular weight excluding hydrogens is 428 g/mol. The predicted octanol–water partition coefficient (Wildman–Crippen LogP) is 4.52. The maximum atomic E-state index is 12.6. The number of methoxy groups -OCH3 is 2. The van der Waals surface area contributed by atoms with E-state index in [4.69, 9.17) is 15.2 Å². The van der Waals surface area contributed by atoms with Gasteiger partial charge in [-0.05, 0) is 61.4 Å². The van der Waals surface area contributed by atoms with Crippen LogP contribution in [0.5, 0.6) is 0 Å². The maximum absolute atomic E-state index is 12.6. The summed E-state index contributed by atoms with van der Waals surface area (Å²) in [5.41, 5.74) is 8.42. The number of primary amides is 1. The summed E-state index contributed by atoms with van der Waals surface area (Å²) >= 11 is 0.